The fourth-order valence-electron chi connectivity index (χ4n) is 1.37. The van der Waals surface area contributed by atoms with Crippen LogP contribution in [0.5, 0.6) is 0 Å². The Labute approximate surface area is 88.9 Å². The van der Waals surface area contributed by atoms with Crippen LogP contribution in [0.25, 0.3) is 11.5 Å². The molecule has 0 atom stereocenters. The van der Waals surface area contributed by atoms with E-state index in [1.807, 2.05) is 24.3 Å². The molecule has 0 saturated heterocycles. The van der Waals surface area contributed by atoms with Gasteiger partial charge in [0, 0.05) is 11.6 Å². The summed E-state index contributed by atoms with van der Waals surface area (Å²) in [6.07, 6.45) is 1.76. The van der Waals surface area contributed by atoms with E-state index in [-0.39, 0.29) is 0 Å². The zero-order valence-electron chi connectivity index (χ0n) is 8.90. The van der Waals surface area contributed by atoms with Crippen LogP contribution in [0.2, 0.25) is 0 Å². The Balaban J connectivity index is 2.42. The third-order valence-electron chi connectivity index (χ3n) is 2.28. The SMILES string of the molecule is CC(C)c1cnc(-c2ccccc2N)o1. The number of rotatable bonds is 2. The molecule has 0 aliphatic carbocycles. The van der Waals surface area contributed by atoms with Crippen molar-refractivity contribution in [2.45, 2.75) is 19.8 Å². The molecule has 0 bridgehead atoms. The summed E-state index contributed by atoms with van der Waals surface area (Å²) in [7, 11) is 0. The molecule has 2 N–H and O–H groups in total. The van der Waals surface area contributed by atoms with Gasteiger partial charge in [0.15, 0.2) is 0 Å². The second-order valence-electron chi connectivity index (χ2n) is 3.81. The molecule has 1 aromatic carbocycles. The topological polar surface area (TPSA) is 52.0 Å². The number of nitrogens with two attached hydrogens (primary N) is 1. The van der Waals surface area contributed by atoms with Crippen LogP contribution in [0.1, 0.15) is 25.5 Å². The van der Waals surface area contributed by atoms with Crippen molar-refractivity contribution in [1.82, 2.24) is 4.98 Å². The molecule has 0 aliphatic heterocycles. The van der Waals surface area contributed by atoms with Gasteiger partial charge in [-0.25, -0.2) is 4.98 Å². The van der Waals surface area contributed by atoms with Gasteiger partial charge < -0.3 is 10.2 Å². The standard InChI is InChI=1S/C12H14N2O/c1-8(2)11-7-14-12(15-11)9-5-3-4-6-10(9)13/h3-8H,13H2,1-2H3. The van der Waals surface area contributed by atoms with Crippen LogP contribution in [0.15, 0.2) is 34.9 Å². The Kier molecular flexibility index (Phi) is 2.46. The molecule has 0 unspecified atom stereocenters. The minimum atomic E-state index is 0.344. The highest BCUT2D eigenvalue weighted by Crippen LogP contribution is 2.27. The van der Waals surface area contributed by atoms with Gasteiger partial charge >= 0.3 is 0 Å². The molecule has 1 heterocycles. The summed E-state index contributed by atoms with van der Waals surface area (Å²) in [6.45, 7) is 4.14. The summed E-state index contributed by atoms with van der Waals surface area (Å²) in [5, 5.41) is 0. The second kappa shape index (κ2) is 3.77. The fraction of sp³-hybridized carbons (Fsp3) is 0.250. The Morgan fingerprint density at radius 1 is 1.27 bits per heavy atom. The van der Waals surface area contributed by atoms with Crippen LogP contribution in [0, 0.1) is 0 Å². The van der Waals surface area contributed by atoms with Crippen molar-refractivity contribution in [3.05, 3.63) is 36.2 Å². The Hall–Kier alpha value is -1.77. The predicted molar refractivity (Wildman–Crippen MR) is 60.4 cm³/mol. The number of aromatic nitrogens is 1. The van der Waals surface area contributed by atoms with Crippen LogP contribution in [0.3, 0.4) is 0 Å². The number of oxazole rings is 1. The van der Waals surface area contributed by atoms with Gasteiger partial charge in [-0.1, -0.05) is 26.0 Å². The quantitative estimate of drug-likeness (QED) is 0.761. The van der Waals surface area contributed by atoms with E-state index >= 15 is 0 Å². The summed E-state index contributed by atoms with van der Waals surface area (Å²) >= 11 is 0. The number of nitrogen functional groups attached to an aromatic ring is 1. The zero-order chi connectivity index (χ0) is 10.8. The summed E-state index contributed by atoms with van der Waals surface area (Å²) in [6, 6.07) is 7.57. The molecule has 3 heteroatoms. The highest BCUT2D eigenvalue weighted by atomic mass is 16.4. The van der Waals surface area contributed by atoms with Gasteiger partial charge in [-0.3, -0.25) is 0 Å². The lowest BCUT2D eigenvalue weighted by atomic mass is 10.2. The van der Waals surface area contributed by atoms with Gasteiger partial charge in [0.25, 0.3) is 0 Å². The molecule has 0 radical (unpaired) electrons. The molecule has 1 aromatic heterocycles. The van der Waals surface area contributed by atoms with Crippen LogP contribution in [-0.2, 0) is 0 Å². The first-order chi connectivity index (χ1) is 7.18. The molecule has 78 valence electrons. The number of para-hydroxylation sites is 1. The average molecular weight is 202 g/mol. The van der Waals surface area contributed by atoms with Crippen LogP contribution in [0.4, 0.5) is 5.69 Å². The Morgan fingerprint density at radius 3 is 2.60 bits per heavy atom. The first kappa shape index (κ1) is 9.77. The lowest BCUT2D eigenvalue weighted by molar-refractivity contribution is 0.495. The Morgan fingerprint density at radius 2 is 2.00 bits per heavy atom. The molecule has 0 aliphatic rings. The third-order valence-corrected chi connectivity index (χ3v) is 2.28. The predicted octanol–water partition coefficient (Wildman–Crippen LogP) is 3.05. The van der Waals surface area contributed by atoms with E-state index in [9.17, 15) is 0 Å². The largest absolute Gasteiger partial charge is 0.441 e. The first-order valence-corrected chi connectivity index (χ1v) is 4.99. The van der Waals surface area contributed by atoms with E-state index < -0.39 is 0 Å². The van der Waals surface area contributed by atoms with Crippen molar-refractivity contribution in [2.24, 2.45) is 0 Å². The third kappa shape index (κ3) is 1.86. The number of nitrogens with zero attached hydrogens (tertiary/aromatic N) is 1. The lowest BCUT2D eigenvalue weighted by Crippen LogP contribution is -1.88. The van der Waals surface area contributed by atoms with Crippen molar-refractivity contribution in [3.8, 4) is 11.5 Å². The average Bonchev–Trinajstić information content (AvgIpc) is 2.67. The molecule has 0 fully saturated rings. The van der Waals surface area contributed by atoms with Crippen molar-refractivity contribution in [1.29, 1.82) is 0 Å². The van der Waals surface area contributed by atoms with Crippen molar-refractivity contribution in [3.63, 3.8) is 0 Å². The van der Waals surface area contributed by atoms with Gasteiger partial charge in [-0.05, 0) is 12.1 Å². The summed E-state index contributed by atoms with van der Waals surface area (Å²) in [4.78, 5) is 4.22. The van der Waals surface area contributed by atoms with Crippen LogP contribution < -0.4 is 5.73 Å². The van der Waals surface area contributed by atoms with Gasteiger partial charge in [-0.15, -0.1) is 0 Å². The van der Waals surface area contributed by atoms with Crippen molar-refractivity contribution < 1.29 is 4.42 Å². The maximum Gasteiger partial charge on any atom is 0.228 e. The highest BCUT2D eigenvalue weighted by Gasteiger charge is 2.10. The summed E-state index contributed by atoms with van der Waals surface area (Å²) in [5.41, 5.74) is 7.38. The van der Waals surface area contributed by atoms with E-state index in [2.05, 4.69) is 18.8 Å². The number of anilines is 1. The maximum absolute atomic E-state index is 5.84. The minimum Gasteiger partial charge on any atom is -0.441 e. The molecule has 15 heavy (non-hydrogen) atoms. The monoisotopic (exact) mass is 202 g/mol. The molecule has 0 amide bonds. The first-order valence-electron chi connectivity index (χ1n) is 4.99. The van der Waals surface area contributed by atoms with E-state index in [1.165, 1.54) is 0 Å². The Bertz CT molecular complexity index is 460. The van der Waals surface area contributed by atoms with Crippen LogP contribution >= 0.6 is 0 Å². The van der Waals surface area contributed by atoms with E-state index in [4.69, 9.17) is 10.2 Å². The van der Waals surface area contributed by atoms with Crippen molar-refractivity contribution >= 4 is 5.69 Å². The molecule has 2 aromatic rings. The molecule has 0 spiro atoms. The second-order valence-corrected chi connectivity index (χ2v) is 3.81. The van der Waals surface area contributed by atoms with E-state index in [0.717, 1.165) is 11.3 Å². The smallest absolute Gasteiger partial charge is 0.228 e. The highest BCUT2D eigenvalue weighted by molar-refractivity contribution is 5.70. The zero-order valence-corrected chi connectivity index (χ0v) is 8.90. The van der Waals surface area contributed by atoms with E-state index in [1.54, 1.807) is 6.20 Å². The number of hydrogen-bond acceptors (Lipinski definition) is 3. The summed E-state index contributed by atoms with van der Waals surface area (Å²) < 4.78 is 5.62. The van der Waals surface area contributed by atoms with Gasteiger partial charge in [0.2, 0.25) is 5.89 Å². The van der Waals surface area contributed by atoms with Gasteiger partial charge in [0.05, 0.1) is 11.8 Å². The molecule has 0 saturated carbocycles. The minimum absolute atomic E-state index is 0.344. The van der Waals surface area contributed by atoms with Crippen molar-refractivity contribution in [2.75, 3.05) is 5.73 Å². The fourth-order valence-corrected chi connectivity index (χ4v) is 1.37. The van der Waals surface area contributed by atoms with E-state index in [0.29, 0.717) is 17.5 Å². The normalized spacial score (nSPS) is 10.9. The van der Waals surface area contributed by atoms with Gasteiger partial charge in [0.1, 0.15) is 5.76 Å². The molecule has 3 nitrogen and oxygen atoms in total. The van der Waals surface area contributed by atoms with Gasteiger partial charge in [-0.2, -0.15) is 0 Å². The molecule has 2 rings (SSSR count). The maximum atomic E-state index is 5.84. The lowest BCUT2D eigenvalue weighted by Gasteiger charge is -2.00. The summed E-state index contributed by atoms with van der Waals surface area (Å²) in [5.74, 6) is 1.82. The van der Waals surface area contributed by atoms with Crippen LogP contribution in [-0.4, -0.2) is 4.98 Å². The number of benzene rings is 1. The number of hydrogen-bond donors (Lipinski definition) is 1. The molecular formula is C12H14N2O. The molecular weight excluding hydrogens is 188 g/mol.